The van der Waals surface area contributed by atoms with E-state index in [2.05, 4.69) is 11.1 Å². The summed E-state index contributed by atoms with van der Waals surface area (Å²) in [5, 5.41) is 0. The van der Waals surface area contributed by atoms with Gasteiger partial charge in [0.1, 0.15) is 11.3 Å². The molecule has 4 rings (SSSR count). The van der Waals surface area contributed by atoms with Gasteiger partial charge in [0.05, 0.1) is 6.26 Å². The summed E-state index contributed by atoms with van der Waals surface area (Å²) < 4.78 is 11.7. The van der Waals surface area contributed by atoms with Gasteiger partial charge in [-0.1, -0.05) is 6.92 Å². The number of hydrogen-bond acceptors (Lipinski definition) is 4. The summed E-state index contributed by atoms with van der Waals surface area (Å²) in [4.78, 5) is 16.0. The number of fused-ring (bicyclic) bond motifs is 1. The quantitative estimate of drug-likeness (QED) is 0.692. The van der Waals surface area contributed by atoms with Gasteiger partial charge in [0.15, 0.2) is 11.5 Å². The summed E-state index contributed by atoms with van der Waals surface area (Å²) in [7, 11) is 0. The Morgan fingerprint density at radius 1 is 1.36 bits per heavy atom. The Morgan fingerprint density at radius 2 is 2.20 bits per heavy atom. The van der Waals surface area contributed by atoms with Gasteiger partial charge in [-0.2, -0.15) is 0 Å². The number of aryl methyl sites for hydroxylation is 1. The van der Waals surface area contributed by atoms with Crippen molar-refractivity contribution in [3.8, 4) is 11.3 Å². The average Bonchev–Trinajstić information content (AvgIpc) is 3.12. The van der Waals surface area contributed by atoms with Gasteiger partial charge in [-0.3, -0.25) is 4.79 Å². The van der Waals surface area contributed by atoms with Gasteiger partial charge in [-0.15, -0.1) is 0 Å². The van der Waals surface area contributed by atoms with Crippen LogP contribution < -0.4 is 5.73 Å². The van der Waals surface area contributed by atoms with Crippen LogP contribution in [0.1, 0.15) is 50.0 Å². The standard InChI is InChI=1S/C20H22N2O3/c1-2-18-22-15-9-7-14(16-4-3-11-24-16)19(20(15)25-18)13(12-5-6-12)8-10-17(21)23/h3-4,7,9,11-13H,2,5-6,8,10H2,1H3,(H2,21,23). The second kappa shape index (κ2) is 6.39. The predicted molar refractivity (Wildman–Crippen MR) is 95.0 cm³/mol. The lowest BCUT2D eigenvalue weighted by atomic mass is 9.85. The van der Waals surface area contributed by atoms with Gasteiger partial charge in [0.25, 0.3) is 0 Å². The molecule has 1 aromatic carbocycles. The molecule has 2 N–H and O–H groups in total. The number of nitrogens with two attached hydrogens (primary N) is 1. The SMILES string of the molecule is CCc1nc2ccc(-c3ccco3)c(C(CCC(N)=O)C3CC3)c2o1. The topological polar surface area (TPSA) is 82.3 Å². The minimum atomic E-state index is -0.260. The summed E-state index contributed by atoms with van der Waals surface area (Å²) in [6.45, 7) is 2.03. The molecule has 1 aliphatic rings. The molecular formula is C20H22N2O3. The van der Waals surface area contributed by atoms with Crippen molar-refractivity contribution in [2.45, 2.75) is 44.9 Å². The maximum atomic E-state index is 11.4. The van der Waals surface area contributed by atoms with Crippen molar-refractivity contribution in [2.24, 2.45) is 11.7 Å². The second-order valence-corrected chi connectivity index (χ2v) is 6.76. The average molecular weight is 338 g/mol. The van der Waals surface area contributed by atoms with Crippen molar-refractivity contribution in [1.29, 1.82) is 0 Å². The molecule has 25 heavy (non-hydrogen) atoms. The first-order valence-corrected chi connectivity index (χ1v) is 8.92. The molecule has 1 fully saturated rings. The minimum absolute atomic E-state index is 0.231. The van der Waals surface area contributed by atoms with Crippen molar-refractivity contribution < 1.29 is 13.6 Å². The Bertz CT molecular complexity index is 891. The summed E-state index contributed by atoms with van der Waals surface area (Å²) in [5.41, 5.74) is 9.25. The van der Waals surface area contributed by atoms with Gasteiger partial charge in [-0.25, -0.2) is 4.98 Å². The molecule has 1 amide bonds. The highest BCUT2D eigenvalue weighted by Gasteiger charge is 2.36. The zero-order chi connectivity index (χ0) is 17.4. The maximum Gasteiger partial charge on any atom is 0.217 e. The minimum Gasteiger partial charge on any atom is -0.464 e. The van der Waals surface area contributed by atoms with Crippen molar-refractivity contribution in [3.05, 3.63) is 42.0 Å². The van der Waals surface area contributed by atoms with Crippen LogP contribution in [0, 0.1) is 5.92 Å². The number of carbonyl (C=O) groups excluding carboxylic acids is 1. The lowest BCUT2D eigenvalue weighted by Crippen LogP contribution is -2.13. The van der Waals surface area contributed by atoms with E-state index in [0.717, 1.165) is 46.7 Å². The Labute approximate surface area is 146 Å². The lowest BCUT2D eigenvalue weighted by molar-refractivity contribution is -0.118. The highest BCUT2D eigenvalue weighted by Crippen LogP contribution is 2.49. The molecule has 1 saturated carbocycles. The molecule has 1 atom stereocenters. The lowest BCUT2D eigenvalue weighted by Gasteiger charge is -2.19. The molecule has 2 aromatic heterocycles. The second-order valence-electron chi connectivity index (χ2n) is 6.76. The van der Waals surface area contributed by atoms with E-state index in [1.165, 1.54) is 12.8 Å². The highest BCUT2D eigenvalue weighted by atomic mass is 16.3. The number of rotatable bonds is 7. The third-order valence-corrected chi connectivity index (χ3v) is 4.99. The fraction of sp³-hybridized carbons (Fsp3) is 0.400. The number of oxazole rings is 1. The van der Waals surface area contributed by atoms with Crippen molar-refractivity contribution in [1.82, 2.24) is 4.98 Å². The van der Waals surface area contributed by atoms with Crippen LogP contribution in [-0.4, -0.2) is 10.9 Å². The number of hydrogen-bond donors (Lipinski definition) is 1. The van der Waals surface area contributed by atoms with Crippen LogP contribution in [0.2, 0.25) is 0 Å². The van der Waals surface area contributed by atoms with E-state index in [4.69, 9.17) is 14.6 Å². The normalized spacial score (nSPS) is 15.6. The fourth-order valence-corrected chi connectivity index (χ4v) is 3.64. The van der Waals surface area contributed by atoms with Crippen molar-refractivity contribution in [2.75, 3.05) is 0 Å². The summed E-state index contributed by atoms with van der Waals surface area (Å²) in [5.74, 6) is 2.08. The van der Waals surface area contributed by atoms with Gasteiger partial charge in [0.2, 0.25) is 5.91 Å². The van der Waals surface area contributed by atoms with Crippen LogP contribution in [-0.2, 0) is 11.2 Å². The predicted octanol–water partition coefficient (Wildman–Crippen LogP) is 4.41. The highest BCUT2D eigenvalue weighted by molar-refractivity contribution is 5.85. The van der Waals surface area contributed by atoms with Crippen LogP contribution >= 0.6 is 0 Å². The molecule has 0 spiro atoms. The van der Waals surface area contributed by atoms with E-state index < -0.39 is 0 Å². The monoisotopic (exact) mass is 338 g/mol. The van der Waals surface area contributed by atoms with Crippen molar-refractivity contribution in [3.63, 3.8) is 0 Å². The molecular weight excluding hydrogens is 316 g/mol. The van der Waals surface area contributed by atoms with E-state index in [0.29, 0.717) is 12.3 Å². The third-order valence-electron chi connectivity index (χ3n) is 4.99. The molecule has 0 saturated heterocycles. The zero-order valence-electron chi connectivity index (χ0n) is 14.3. The molecule has 5 nitrogen and oxygen atoms in total. The van der Waals surface area contributed by atoms with E-state index >= 15 is 0 Å². The number of primary amides is 1. The fourth-order valence-electron chi connectivity index (χ4n) is 3.64. The number of nitrogens with zero attached hydrogens (tertiary/aromatic N) is 1. The van der Waals surface area contributed by atoms with Crippen LogP contribution in [0.15, 0.2) is 39.4 Å². The number of aromatic nitrogens is 1. The molecule has 0 bridgehead atoms. The molecule has 0 radical (unpaired) electrons. The maximum absolute atomic E-state index is 11.4. The Hall–Kier alpha value is -2.56. The van der Waals surface area contributed by atoms with Gasteiger partial charge in [0, 0.05) is 24.0 Å². The number of furan rings is 1. The van der Waals surface area contributed by atoms with E-state index in [9.17, 15) is 4.79 Å². The molecule has 1 unspecified atom stereocenters. The summed E-state index contributed by atoms with van der Waals surface area (Å²) in [6, 6.07) is 7.88. The Kier molecular flexibility index (Phi) is 4.07. The summed E-state index contributed by atoms with van der Waals surface area (Å²) >= 11 is 0. The van der Waals surface area contributed by atoms with Crippen molar-refractivity contribution >= 4 is 17.0 Å². The first-order chi connectivity index (χ1) is 12.2. The molecule has 130 valence electrons. The first kappa shape index (κ1) is 15.9. The number of carbonyl (C=O) groups is 1. The smallest absolute Gasteiger partial charge is 0.217 e. The Morgan fingerprint density at radius 3 is 2.84 bits per heavy atom. The van der Waals surface area contributed by atoms with E-state index in [-0.39, 0.29) is 11.8 Å². The number of amides is 1. The first-order valence-electron chi connectivity index (χ1n) is 8.92. The third kappa shape index (κ3) is 3.06. The largest absolute Gasteiger partial charge is 0.464 e. The molecule has 2 heterocycles. The Balaban J connectivity index is 1.89. The molecule has 3 aromatic rings. The van der Waals surface area contributed by atoms with Crippen LogP contribution in [0.3, 0.4) is 0 Å². The molecule has 1 aliphatic carbocycles. The number of benzene rings is 1. The van der Waals surface area contributed by atoms with Crippen LogP contribution in [0.4, 0.5) is 0 Å². The molecule has 0 aliphatic heterocycles. The zero-order valence-corrected chi connectivity index (χ0v) is 14.3. The summed E-state index contributed by atoms with van der Waals surface area (Å²) in [6.07, 6.45) is 5.88. The van der Waals surface area contributed by atoms with Gasteiger partial charge >= 0.3 is 0 Å². The van der Waals surface area contributed by atoms with Crippen LogP contribution in [0.25, 0.3) is 22.4 Å². The van der Waals surface area contributed by atoms with Gasteiger partial charge < -0.3 is 14.6 Å². The van der Waals surface area contributed by atoms with Gasteiger partial charge in [-0.05, 0) is 55.4 Å². The van der Waals surface area contributed by atoms with E-state index in [1.807, 2.05) is 25.1 Å². The van der Waals surface area contributed by atoms with E-state index in [1.54, 1.807) is 6.26 Å². The van der Waals surface area contributed by atoms with Crippen LogP contribution in [0.5, 0.6) is 0 Å². The molecule has 5 heteroatoms.